The van der Waals surface area contributed by atoms with Crippen LogP contribution in [0.25, 0.3) is 0 Å². The molecule has 0 aliphatic carbocycles. The third-order valence-corrected chi connectivity index (χ3v) is 3.51. The fourth-order valence-electron chi connectivity index (χ4n) is 1.77. The standard InChI is InChI=1S/C15H16Cl2N2O/c1-2-12(18)5-10-3-4-13(7-15(10)17)20-14-6-11(16)8-19-9-14/h3-4,6-9,12H,2,5,18H2,1H3. The molecule has 0 spiro atoms. The first kappa shape index (κ1) is 15.1. The predicted molar refractivity (Wildman–Crippen MR) is 82.7 cm³/mol. The maximum absolute atomic E-state index is 6.25. The Morgan fingerprint density at radius 2 is 2.00 bits per heavy atom. The first-order valence-corrected chi connectivity index (χ1v) is 7.16. The molecule has 0 radical (unpaired) electrons. The van der Waals surface area contributed by atoms with E-state index in [9.17, 15) is 0 Å². The van der Waals surface area contributed by atoms with E-state index >= 15 is 0 Å². The van der Waals surface area contributed by atoms with Gasteiger partial charge in [0.05, 0.1) is 11.2 Å². The van der Waals surface area contributed by atoms with Crippen LogP contribution in [0, 0.1) is 0 Å². The van der Waals surface area contributed by atoms with Crippen LogP contribution in [0.15, 0.2) is 36.7 Å². The lowest BCUT2D eigenvalue weighted by Gasteiger charge is -2.12. The maximum atomic E-state index is 6.25. The van der Waals surface area contributed by atoms with Crippen LogP contribution in [-0.4, -0.2) is 11.0 Å². The summed E-state index contributed by atoms with van der Waals surface area (Å²) >= 11 is 12.1. The van der Waals surface area contributed by atoms with Crippen molar-refractivity contribution in [3.63, 3.8) is 0 Å². The number of ether oxygens (including phenoxy) is 1. The molecule has 2 rings (SSSR count). The molecule has 0 aliphatic rings. The van der Waals surface area contributed by atoms with Crippen molar-refractivity contribution in [1.29, 1.82) is 0 Å². The third kappa shape index (κ3) is 4.10. The number of hydrogen-bond acceptors (Lipinski definition) is 3. The summed E-state index contributed by atoms with van der Waals surface area (Å²) in [5.41, 5.74) is 6.96. The summed E-state index contributed by atoms with van der Waals surface area (Å²) in [5.74, 6) is 1.22. The Bertz CT molecular complexity index is 590. The SMILES string of the molecule is CCC(N)Cc1ccc(Oc2cncc(Cl)c2)cc1Cl. The van der Waals surface area contributed by atoms with Crippen molar-refractivity contribution < 1.29 is 4.74 Å². The van der Waals surface area contributed by atoms with E-state index in [0.29, 0.717) is 21.5 Å². The quantitative estimate of drug-likeness (QED) is 0.887. The van der Waals surface area contributed by atoms with Gasteiger partial charge < -0.3 is 10.5 Å². The van der Waals surface area contributed by atoms with Crippen molar-refractivity contribution in [3.8, 4) is 11.5 Å². The molecule has 1 aromatic heterocycles. The summed E-state index contributed by atoms with van der Waals surface area (Å²) in [4.78, 5) is 3.96. The zero-order valence-electron chi connectivity index (χ0n) is 11.1. The van der Waals surface area contributed by atoms with Gasteiger partial charge in [-0.05, 0) is 30.5 Å². The number of aromatic nitrogens is 1. The molecule has 1 atom stereocenters. The Balaban J connectivity index is 2.13. The Morgan fingerprint density at radius 1 is 1.20 bits per heavy atom. The van der Waals surface area contributed by atoms with Gasteiger partial charge in [-0.2, -0.15) is 0 Å². The second kappa shape index (κ2) is 6.93. The lowest BCUT2D eigenvalue weighted by atomic mass is 10.0. The summed E-state index contributed by atoms with van der Waals surface area (Å²) < 4.78 is 5.66. The topological polar surface area (TPSA) is 48.1 Å². The van der Waals surface area contributed by atoms with Crippen molar-refractivity contribution in [3.05, 3.63) is 52.3 Å². The summed E-state index contributed by atoms with van der Waals surface area (Å²) in [7, 11) is 0. The smallest absolute Gasteiger partial charge is 0.147 e. The van der Waals surface area contributed by atoms with Gasteiger partial charge >= 0.3 is 0 Å². The van der Waals surface area contributed by atoms with Crippen LogP contribution in [0.2, 0.25) is 10.0 Å². The average Bonchev–Trinajstić information content (AvgIpc) is 2.41. The van der Waals surface area contributed by atoms with Gasteiger partial charge in [0.2, 0.25) is 0 Å². The summed E-state index contributed by atoms with van der Waals surface area (Å²) in [6.07, 6.45) is 4.83. The molecule has 0 saturated carbocycles. The van der Waals surface area contributed by atoms with Gasteiger partial charge in [-0.15, -0.1) is 0 Å². The molecule has 1 unspecified atom stereocenters. The largest absolute Gasteiger partial charge is 0.456 e. The van der Waals surface area contributed by atoms with Crippen LogP contribution in [0.5, 0.6) is 11.5 Å². The van der Waals surface area contributed by atoms with Crippen molar-refractivity contribution in [2.75, 3.05) is 0 Å². The summed E-state index contributed by atoms with van der Waals surface area (Å²) in [6, 6.07) is 7.40. The highest BCUT2D eigenvalue weighted by Gasteiger charge is 2.08. The third-order valence-electron chi connectivity index (χ3n) is 2.95. The number of benzene rings is 1. The molecule has 0 aliphatic heterocycles. The number of pyridine rings is 1. The highest BCUT2D eigenvalue weighted by atomic mass is 35.5. The predicted octanol–water partition coefficient (Wildman–Crippen LogP) is 4.46. The van der Waals surface area contributed by atoms with E-state index in [1.807, 2.05) is 12.1 Å². The van der Waals surface area contributed by atoms with Crippen LogP contribution in [0.4, 0.5) is 0 Å². The van der Waals surface area contributed by atoms with Crippen LogP contribution in [-0.2, 0) is 6.42 Å². The first-order valence-electron chi connectivity index (χ1n) is 6.41. The number of nitrogens with zero attached hydrogens (tertiary/aromatic N) is 1. The zero-order chi connectivity index (χ0) is 14.5. The number of rotatable bonds is 5. The van der Waals surface area contributed by atoms with Crippen molar-refractivity contribution in [2.45, 2.75) is 25.8 Å². The molecule has 1 heterocycles. The van der Waals surface area contributed by atoms with Crippen LogP contribution in [0.3, 0.4) is 0 Å². The molecule has 2 aromatic rings. The Labute approximate surface area is 128 Å². The molecule has 0 fully saturated rings. The lowest BCUT2D eigenvalue weighted by Crippen LogP contribution is -2.21. The van der Waals surface area contributed by atoms with E-state index in [-0.39, 0.29) is 6.04 Å². The van der Waals surface area contributed by atoms with Crippen molar-refractivity contribution in [2.24, 2.45) is 5.73 Å². The van der Waals surface area contributed by atoms with Gasteiger partial charge in [0.25, 0.3) is 0 Å². The first-order chi connectivity index (χ1) is 9.58. The van der Waals surface area contributed by atoms with E-state index in [1.165, 1.54) is 0 Å². The van der Waals surface area contributed by atoms with Crippen molar-refractivity contribution >= 4 is 23.2 Å². The van der Waals surface area contributed by atoms with Gasteiger partial charge in [0.1, 0.15) is 11.5 Å². The molecule has 0 saturated heterocycles. The zero-order valence-corrected chi connectivity index (χ0v) is 12.7. The van der Waals surface area contributed by atoms with E-state index in [4.69, 9.17) is 33.7 Å². The van der Waals surface area contributed by atoms with Gasteiger partial charge in [0, 0.05) is 23.3 Å². The minimum Gasteiger partial charge on any atom is -0.456 e. The Morgan fingerprint density at radius 3 is 2.65 bits per heavy atom. The molecular weight excluding hydrogens is 295 g/mol. The molecule has 106 valence electrons. The average molecular weight is 311 g/mol. The van der Waals surface area contributed by atoms with Crippen molar-refractivity contribution in [1.82, 2.24) is 4.98 Å². The summed E-state index contributed by atoms with van der Waals surface area (Å²) in [5, 5.41) is 1.18. The van der Waals surface area contributed by atoms with Gasteiger partial charge in [0.15, 0.2) is 0 Å². The van der Waals surface area contributed by atoms with Gasteiger partial charge in [-0.1, -0.05) is 36.2 Å². The van der Waals surface area contributed by atoms with E-state index in [0.717, 1.165) is 18.4 Å². The fourth-order valence-corrected chi connectivity index (χ4v) is 2.18. The molecular formula is C15H16Cl2N2O. The molecule has 20 heavy (non-hydrogen) atoms. The molecule has 0 amide bonds. The van der Waals surface area contributed by atoms with Crippen LogP contribution >= 0.6 is 23.2 Å². The second-order valence-corrected chi connectivity index (χ2v) is 5.41. The lowest BCUT2D eigenvalue weighted by molar-refractivity contribution is 0.480. The van der Waals surface area contributed by atoms with E-state index in [1.54, 1.807) is 24.5 Å². The monoisotopic (exact) mass is 310 g/mol. The van der Waals surface area contributed by atoms with E-state index in [2.05, 4.69) is 11.9 Å². The molecule has 1 aromatic carbocycles. The second-order valence-electron chi connectivity index (χ2n) is 4.57. The molecule has 3 nitrogen and oxygen atoms in total. The normalized spacial score (nSPS) is 12.2. The highest BCUT2D eigenvalue weighted by Crippen LogP contribution is 2.28. The Hall–Kier alpha value is -1.29. The highest BCUT2D eigenvalue weighted by molar-refractivity contribution is 6.31. The Kier molecular flexibility index (Phi) is 5.24. The van der Waals surface area contributed by atoms with E-state index < -0.39 is 0 Å². The summed E-state index contributed by atoms with van der Waals surface area (Å²) in [6.45, 7) is 2.06. The van der Waals surface area contributed by atoms with Crippen LogP contribution < -0.4 is 10.5 Å². The molecule has 2 N–H and O–H groups in total. The van der Waals surface area contributed by atoms with Crippen LogP contribution in [0.1, 0.15) is 18.9 Å². The number of halogens is 2. The fraction of sp³-hybridized carbons (Fsp3) is 0.267. The minimum absolute atomic E-state index is 0.122. The number of nitrogens with two attached hydrogens (primary N) is 1. The molecule has 5 heteroatoms. The minimum atomic E-state index is 0.122. The molecule has 0 bridgehead atoms. The van der Waals surface area contributed by atoms with Gasteiger partial charge in [-0.25, -0.2) is 0 Å². The maximum Gasteiger partial charge on any atom is 0.147 e. The number of hydrogen-bond donors (Lipinski definition) is 1. The van der Waals surface area contributed by atoms with Gasteiger partial charge in [-0.3, -0.25) is 4.98 Å².